The van der Waals surface area contributed by atoms with Crippen molar-refractivity contribution in [2.75, 3.05) is 6.54 Å². The molecule has 110 valence electrons. The highest BCUT2D eigenvalue weighted by Gasteiger charge is 2.30. The van der Waals surface area contributed by atoms with Crippen LogP contribution in [0.2, 0.25) is 0 Å². The van der Waals surface area contributed by atoms with Crippen LogP contribution >= 0.6 is 0 Å². The first kappa shape index (κ1) is 13.6. The number of aromatic nitrogens is 1. The molecule has 1 fully saturated rings. The van der Waals surface area contributed by atoms with Gasteiger partial charge in [0, 0.05) is 18.0 Å². The number of benzene rings is 1. The third kappa shape index (κ3) is 2.74. The van der Waals surface area contributed by atoms with E-state index in [1.807, 2.05) is 18.2 Å². The van der Waals surface area contributed by atoms with Crippen LogP contribution in [0, 0.1) is 0 Å². The smallest absolute Gasteiger partial charge is 0.305 e. The first-order valence-electron chi connectivity index (χ1n) is 6.99. The number of amides is 1. The summed E-state index contributed by atoms with van der Waals surface area (Å²) in [7, 11) is 0. The number of fused-ring (bicyclic) bond motifs is 1. The summed E-state index contributed by atoms with van der Waals surface area (Å²) in [5, 5.41) is 13.7. The fraction of sp³-hybridized carbons (Fsp3) is 0.400. The monoisotopic (exact) mass is 288 g/mol. The largest absolute Gasteiger partial charge is 0.481 e. The van der Waals surface area contributed by atoms with E-state index in [0.29, 0.717) is 17.8 Å². The molecule has 1 aromatic heterocycles. The Hall–Kier alpha value is -2.37. The van der Waals surface area contributed by atoms with Crippen LogP contribution in [-0.2, 0) is 16.0 Å². The van der Waals surface area contributed by atoms with Crippen LogP contribution < -0.4 is 0 Å². The van der Waals surface area contributed by atoms with E-state index in [9.17, 15) is 9.59 Å². The van der Waals surface area contributed by atoms with Gasteiger partial charge in [0.1, 0.15) is 5.69 Å². The van der Waals surface area contributed by atoms with Crippen molar-refractivity contribution in [3.05, 3.63) is 30.0 Å². The lowest BCUT2D eigenvalue weighted by Gasteiger charge is -2.23. The van der Waals surface area contributed by atoms with Gasteiger partial charge in [-0.2, -0.15) is 0 Å². The quantitative estimate of drug-likeness (QED) is 0.928. The molecule has 1 aromatic carbocycles. The minimum absolute atomic E-state index is 0.00526. The number of likely N-dealkylation sites (tertiary alicyclic amines) is 1. The van der Waals surface area contributed by atoms with Crippen LogP contribution in [0.1, 0.15) is 25.0 Å². The molecule has 21 heavy (non-hydrogen) atoms. The molecular formula is C15H16N2O4. The van der Waals surface area contributed by atoms with E-state index < -0.39 is 5.97 Å². The van der Waals surface area contributed by atoms with Gasteiger partial charge in [-0.25, -0.2) is 0 Å². The van der Waals surface area contributed by atoms with Crippen molar-refractivity contribution in [1.82, 2.24) is 10.1 Å². The number of carbonyl (C=O) groups excluding carboxylic acids is 1. The number of carboxylic acid groups (broad SMARTS) is 1. The summed E-state index contributed by atoms with van der Waals surface area (Å²) in [6.07, 6.45) is 1.75. The average Bonchev–Trinajstić information content (AvgIpc) is 3.06. The van der Waals surface area contributed by atoms with Crippen molar-refractivity contribution in [1.29, 1.82) is 0 Å². The number of hydrogen-bond donors (Lipinski definition) is 1. The zero-order valence-electron chi connectivity index (χ0n) is 11.5. The van der Waals surface area contributed by atoms with Crippen molar-refractivity contribution < 1.29 is 19.2 Å². The molecule has 2 aromatic rings. The van der Waals surface area contributed by atoms with E-state index in [0.717, 1.165) is 18.2 Å². The number of carbonyl (C=O) groups is 2. The van der Waals surface area contributed by atoms with Crippen LogP contribution in [0.3, 0.4) is 0 Å². The van der Waals surface area contributed by atoms with Crippen molar-refractivity contribution in [3.8, 4) is 0 Å². The van der Waals surface area contributed by atoms with Gasteiger partial charge < -0.3 is 14.5 Å². The van der Waals surface area contributed by atoms with Gasteiger partial charge in [0.15, 0.2) is 5.58 Å². The Balaban J connectivity index is 1.75. The standard InChI is InChI=1S/C15H16N2O4/c18-14(17-7-3-4-10(17)8-15(19)20)9-12-11-5-1-2-6-13(11)21-16-12/h1-2,5-6,10H,3-4,7-9H2,(H,19,20). The van der Waals surface area contributed by atoms with E-state index >= 15 is 0 Å². The summed E-state index contributed by atoms with van der Waals surface area (Å²) >= 11 is 0. The van der Waals surface area contributed by atoms with Crippen LogP contribution in [0.25, 0.3) is 11.0 Å². The molecule has 0 aliphatic carbocycles. The molecule has 6 heteroatoms. The summed E-state index contributed by atoms with van der Waals surface area (Å²) in [6, 6.07) is 7.19. The topological polar surface area (TPSA) is 83.6 Å². The highest BCUT2D eigenvalue weighted by molar-refractivity contribution is 5.86. The average molecular weight is 288 g/mol. The zero-order chi connectivity index (χ0) is 14.8. The SMILES string of the molecule is O=C(O)CC1CCCN1C(=O)Cc1noc2ccccc12. The van der Waals surface area contributed by atoms with Gasteiger partial charge in [-0.05, 0) is 25.0 Å². The molecule has 2 heterocycles. The van der Waals surface area contributed by atoms with Gasteiger partial charge in [0.05, 0.1) is 12.8 Å². The Morgan fingerprint density at radius 3 is 3.00 bits per heavy atom. The fourth-order valence-electron chi connectivity index (χ4n) is 2.89. The first-order chi connectivity index (χ1) is 10.1. The summed E-state index contributed by atoms with van der Waals surface area (Å²) in [4.78, 5) is 24.9. The van der Waals surface area contributed by atoms with Crippen LogP contribution in [-0.4, -0.2) is 39.6 Å². The first-order valence-corrected chi connectivity index (χ1v) is 6.99. The molecular weight excluding hydrogens is 272 g/mol. The molecule has 3 rings (SSSR count). The highest BCUT2D eigenvalue weighted by atomic mass is 16.5. The van der Waals surface area contributed by atoms with E-state index in [-0.39, 0.29) is 24.8 Å². The highest BCUT2D eigenvalue weighted by Crippen LogP contribution is 2.23. The molecule has 0 radical (unpaired) electrons. The summed E-state index contributed by atoms with van der Waals surface area (Å²) in [5.74, 6) is -0.954. The zero-order valence-corrected chi connectivity index (χ0v) is 11.5. The minimum Gasteiger partial charge on any atom is -0.481 e. The molecule has 0 spiro atoms. The van der Waals surface area contributed by atoms with E-state index in [4.69, 9.17) is 9.63 Å². The van der Waals surface area contributed by atoms with Crippen molar-refractivity contribution in [3.63, 3.8) is 0 Å². The van der Waals surface area contributed by atoms with Gasteiger partial charge >= 0.3 is 5.97 Å². The van der Waals surface area contributed by atoms with Gasteiger partial charge in [-0.3, -0.25) is 9.59 Å². The molecule has 1 atom stereocenters. The van der Waals surface area contributed by atoms with Gasteiger partial charge in [-0.1, -0.05) is 17.3 Å². The van der Waals surface area contributed by atoms with Gasteiger partial charge in [0.25, 0.3) is 0 Å². The van der Waals surface area contributed by atoms with Gasteiger partial charge in [-0.15, -0.1) is 0 Å². The maximum Gasteiger partial charge on any atom is 0.305 e. The van der Waals surface area contributed by atoms with Gasteiger partial charge in [0.2, 0.25) is 5.91 Å². The molecule has 0 bridgehead atoms. The number of para-hydroxylation sites is 1. The molecule has 0 saturated carbocycles. The molecule has 1 aliphatic rings. The lowest BCUT2D eigenvalue weighted by Crippen LogP contribution is -2.37. The predicted molar refractivity (Wildman–Crippen MR) is 74.7 cm³/mol. The van der Waals surface area contributed by atoms with E-state index in [2.05, 4.69) is 5.16 Å². The van der Waals surface area contributed by atoms with E-state index in [1.54, 1.807) is 11.0 Å². The molecule has 1 unspecified atom stereocenters. The molecule has 1 aliphatic heterocycles. The van der Waals surface area contributed by atoms with Crippen LogP contribution in [0.4, 0.5) is 0 Å². The number of nitrogens with zero attached hydrogens (tertiary/aromatic N) is 2. The maximum absolute atomic E-state index is 12.4. The lowest BCUT2D eigenvalue weighted by molar-refractivity contribution is -0.139. The summed E-state index contributed by atoms with van der Waals surface area (Å²) in [6.45, 7) is 0.618. The molecule has 6 nitrogen and oxygen atoms in total. The Morgan fingerprint density at radius 1 is 1.38 bits per heavy atom. The van der Waals surface area contributed by atoms with Crippen molar-refractivity contribution in [2.45, 2.75) is 31.7 Å². The number of rotatable bonds is 4. The minimum atomic E-state index is -0.869. The Kier molecular flexibility index (Phi) is 3.60. The predicted octanol–water partition coefficient (Wildman–Crippen LogP) is 1.84. The second-order valence-electron chi connectivity index (χ2n) is 5.28. The third-order valence-corrected chi connectivity index (χ3v) is 3.88. The number of hydrogen-bond acceptors (Lipinski definition) is 4. The third-order valence-electron chi connectivity index (χ3n) is 3.88. The molecule has 1 saturated heterocycles. The Bertz CT molecular complexity index is 679. The van der Waals surface area contributed by atoms with Crippen molar-refractivity contribution >= 4 is 22.8 Å². The number of carboxylic acids is 1. The van der Waals surface area contributed by atoms with E-state index in [1.165, 1.54) is 0 Å². The Morgan fingerprint density at radius 2 is 2.19 bits per heavy atom. The normalized spacial score (nSPS) is 18.3. The summed E-state index contributed by atoms with van der Waals surface area (Å²) < 4.78 is 5.19. The molecule has 1 amide bonds. The number of aliphatic carboxylic acids is 1. The van der Waals surface area contributed by atoms with Crippen LogP contribution in [0.5, 0.6) is 0 Å². The Labute approximate surface area is 121 Å². The lowest BCUT2D eigenvalue weighted by atomic mass is 10.1. The molecule has 1 N–H and O–H groups in total. The van der Waals surface area contributed by atoms with Crippen LogP contribution in [0.15, 0.2) is 28.8 Å². The fourth-order valence-corrected chi connectivity index (χ4v) is 2.89. The second kappa shape index (κ2) is 5.55. The summed E-state index contributed by atoms with van der Waals surface area (Å²) in [5.41, 5.74) is 1.26. The maximum atomic E-state index is 12.4. The van der Waals surface area contributed by atoms with Crippen molar-refractivity contribution in [2.24, 2.45) is 0 Å². The second-order valence-corrected chi connectivity index (χ2v) is 5.28.